The Balaban J connectivity index is 1.56. The Bertz CT molecular complexity index is 1040. The summed E-state index contributed by atoms with van der Waals surface area (Å²) in [5.41, 5.74) is 6.37. The third-order valence-electron chi connectivity index (χ3n) is 8.65. The summed E-state index contributed by atoms with van der Waals surface area (Å²) in [6.45, 7) is 3.42. The number of piperidine rings is 1. The molecule has 4 rings (SSSR count). The zero-order valence-corrected chi connectivity index (χ0v) is 22.5. The molecule has 0 radical (unpaired) electrons. The SMILES string of the molecule is CC(C)(N)CN(C(=O)C(F)(F)F)[C@H](CCC1CCCCC1)C(=O)N1CCC2(CC1)CC(=O)c1ccccc12. The van der Waals surface area contributed by atoms with Gasteiger partial charge in [0.15, 0.2) is 5.78 Å². The minimum absolute atomic E-state index is 0.0952. The van der Waals surface area contributed by atoms with Crippen LogP contribution in [-0.2, 0) is 15.0 Å². The van der Waals surface area contributed by atoms with Gasteiger partial charge in [0.1, 0.15) is 6.04 Å². The number of amides is 2. The number of hydrogen-bond acceptors (Lipinski definition) is 4. The highest BCUT2D eigenvalue weighted by Crippen LogP contribution is 2.46. The van der Waals surface area contributed by atoms with Gasteiger partial charge in [-0.15, -0.1) is 0 Å². The van der Waals surface area contributed by atoms with Gasteiger partial charge in [-0.05, 0) is 51.0 Å². The fourth-order valence-corrected chi connectivity index (χ4v) is 6.71. The largest absolute Gasteiger partial charge is 0.471 e. The molecule has 1 saturated heterocycles. The van der Waals surface area contributed by atoms with E-state index in [0.29, 0.717) is 49.6 Å². The molecule has 2 amide bonds. The molecule has 0 unspecified atom stereocenters. The molecule has 9 heteroatoms. The van der Waals surface area contributed by atoms with Crippen LogP contribution >= 0.6 is 0 Å². The number of hydrogen-bond donors (Lipinski definition) is 1. The van der Waals surface area contributed by atoms with Gasteiger partial charge in [0, 0.05) is 42.6 Å². The van der Waals surface area contributed by atoms with E-state index in [1.54, 1.807) is 18.7 Å². The lowest BCUT2D eigenvalue weighted by Crippen LogP contribution is -2.60. The number of rotatable bonds is 7. The Labute approximate surface area is 223 Å². The highest BCUT2D eigenvalue weighted by molar-refractivity contribution is 6.02. The molecule has 1 saturated carbocycles. The first kappa shape index (κ1) is 28.6. The molecule has 2 N–H and O–H groups in total. The summed E-state index contributed by atoms with van der Waals surface area (Å²) in [7, 11) is 0. The van der Waals surface area contributed by atoms with Crippen molar-refractivity contribution >= 4 is 17.6 Å². The van der Waals surface area contributed by atoms with Gasteiger partial charge in [0.25, 0.3) is 0 Å². The van der Waals surface area contributed by atoms with Crippen molar-refractivity contribution in [2.24, 2.45) is 11.7 Å². The van der Waals surface area contributed by atoms with Crippen molar-refractivity contribution in [3.05, 3.63) is 35.4 Å². The molecule has 0 bridgehead atoms. The average Bonchev–Trinajstić information content (AvgIpc) is 3.13. The fraction of sp³-hybridized carbons (Fsp3) is 0.690. The highest BCUT2D eigenvalue weighted by Gasteiger charge is 2.50. The molecule has 38 heavy (non-hydrogen) atoms. The van der Waals surface area contributed by atoms with Crippen LogP contribution in [0.3, 0.4) is 0 Å². The van der Waals surface area contributed by atoms with Crippen molar-refractivity contribution < 1.29 is 27.6 Å². The normalized spacial score (nSPS) is 20.9. The zero-order valence-electron chi connectivity index (χ0n) is 22.5. The number of halogens is 3. The summed E-state index contributed by atoms with van der Waals surface area (Å²) in [6, 6.07) is 6.34. The van der Waals surface area contributed by atoms with E-state index in [2.05, 4.69) is 0 Å². The summed E-state index contributed by atoms with van der Waals surface area (Å²) in [4.78, 5) is 41.5. The third kappa shape index (κ3) is 6.24. The van der Waals surface area contributed by atoms with Crippen LogP contribution in [0.15, 0.2) is 24.3 Å². The van der Waals surface area contributed by atoms with Crippen molar-refractivity contribution in [2.75, 3.05) is 19.6 Å². The van der Waals surface area contributed by atoms with E-state index in [4.69, 9.17) is 5.73 Å². The molecule has 1 spiro atoms. The van der Waals surface area contributed by atoms with E-state index in [1.807, 2.05) is 24.3 Å². The van der Waals surface area contributed by atoms with Crippen molar-refractivity contribution in [3.63, 3.8) is 0 Å². The maximum Gasteiger partial charge on any atom is 0.471 e. The number of Topliss-reactive ketones (excluding diaryl/α,β-unsaturated/α-hetero) is 1. The Morgan fingerprint density at radius 1 is 1.11 bits per heavy atom. The first-order valence-corrected chi connectivity index (χ1v) is 13.9. The second kappa shape index (κ2) is 11.0. The molecular formula is C29H40F3N3O3. The van der Waals surface area contributed by atoms with E-state index in [0.717, 1.165) is 43.2 Å². The number of benzene rings is 1. The predicted molar refractivity (Wildman–Crippen MR) is 139 cm³/mol. The smallest absolute Gasteiger partial charge is 0.341 e. The molecule has 210 valence electrons. The summed E-state index contributed by atoms with van der Waals surface area (Å²) in [5, 5.41) is 0. The predicted octanol–water partition coefficient (Wildman–Crippen LogP) is 4.99. The van der Waals surface area contributed by atoms with Crippen molar-refractivity contribution in [1.82, 2.24) is 9.80 Å². The lowest BCUT2D eigenvalue weighted by atomic mass is 9.73. The number of likely N-dealkylation sites (tertiary alicyclic amines) is 1. The summed E-state index contributed by atoms with van der Waals surface area (Å²) >= 11 is 0. The number of carbonyl (C=O) groups excluding carboxylic acids is 3. The lowest BCUT2D eigenvalue weighted by molar-refractivity contribution is -0.190. The van der Waals surface area contributed by atoms with E-state index in [9.17, 15) is 27.6 Å². The number of nitrogens with two attached hydrogens (primary N) is 1. The second-order valence-electron chi connectivity index (χ2n) is 12.3. The quantitative estimate of drug-likeness (QED) is 0.533. The molecule has 2 fully saturated rings. The number of alkyl halides is 3. The maximum absolute atomic E-state index is 13.9. The van der Waals surface area contributed by atoms with Crippen LogP contribution in [0.1, 0.15) is 94.0 Å². The molecule has 1 atom stereocenters. The topological polar surface area (TPSA) is 83.7 Å². The lowest BCUT2D eigenvalue weighted by Gasteiger charge is -2.43. The molecule has 2 aliphatic carbocycles. The summed E-state index contributed by atoms with van der Waals surface area (Å²) < 4.78 is 41.2. The monoisotopic (exact) mass is 535 g/mol. The van der Waals surface area contributed by atoms with E-state index in [1.165, 1.54) is 0 Å². The Hall–Kier alpha value is -2.42. The molecule has 1 heterocycles. The minimum Gasteiger partial charge on any atom is -0.341 e. The molecule has 6 nitrogen and oxygen atoms in total. The second-order valence-corrected chi connectivity index (χ2v) is 12.3. The number of ketones is 1. The molecule has 1 aromatic carbocycles. The van der Waals surface area contributed by atoms with Crippen LogP contribution in [0.5, 0.6) is 0 Å². The Kier molecular flexibility index (Phi) is 8.26. The first-order chi connectivity index (χ1) is 17.8. The average molecular weight is 536 g/mol. The van der Waals surface area contributed by atoms with Crippen LogP contribution in [0, 0.1) is 5.92 Å². The molecule has 1 aliphatic heterocycles. The standard InChI is InChI=1S/C29H40F3N3O3/c1-27(2,33)19-35(26(38)29(30,31)32)23(13-12-20-8-4-3-5-9-20)25(37)34-16-14-28(15-17-34)18-24(36)21-10-6-7-11-22(21)28/h6-7,10-11,20,23H,3-5,8-9,12-19,33H2,1-2H3/t23-/m1/s1. The van der Waals surface area contributed by atoms with Gasteiger partial charge in [-0.2, -0.15) is 13.2 Å². The fourth-order valence-electron chi connectivity index (χ4n) is 6.71. The van der Waals surface area contributed by atoms with Gasteiger partial charge in [-0.3, -0.25) is 14.4 Å². The first-order valence-electron chi connectivity index (χ1n) is 13.9. The Morgan fingerprint density at radius 3 is 2.34 bits per heavy atom. The van der Waals surface area contributed by atoms with Crippen molar-refractivity contribution in [2.45, 2.75) is 101 Å². The van der Waals surface area contributed by atoms with Gasteiger partial charge in [-0.25, -0.2) is 0 Å². The maximum atomic E-state index is 13.9. The zero-order chi connectivity index (χ0) is 27.7. The number of nitrogens with zero attached hydrogens (tertiary/aromatic N) is 2. The van der Waals surface area contributed by atoms with Crippen LogP contribution in [0.25, 0.3) is 0 Å². The highest BCUT2D eigenvalue weighted by atomic mass is 19.4. The van der Waals surface area contributed by atoms with E-state index < -0.39 is 29.6 Å². The van der Waals surface area contributed by atoms with Gasteiger partial charge < -0.3 is 15.5 Å². The molecule has 0 aromatic heterocycles. The van der Waals surface area contributed by atoms with Crippen molar-refractivity contribution in [1.29, 1.82) is 0 Å². The van der Waals surface area contributed by atoms with Gasteiger partial charge in [-0.1, -0.05) is 56.4 Å². The summed E-state index contributed by atoms with van der Waals surface area (Å²) in [6.07, 6.45) is 2.50. The van der Waals surface area contributed by atoms with E-state index in [-0.39, 0.29) is 24.2 Å². The van der Waals surface area contributed by atoms with Gasteiger partial charge in [0.05, 0.1) is 0 Å². The number of fused-ring (bicyclic) bond motifs is 2. The van der Waals surface area contributed by atoms with Gasteiger partial charge >= 0.3 is 12.1 Å². The molecule has 1 aromatic rings. The minimum atomic E-state index is -5.10. The Morgan fingerprint density at radius 2 is 1.74 bits per heavy atom. The number of carbonyl (C=O) groups is 3. The third-order valence-corrected chi connectivity index (χ3v) is 8.65. The van der Waals surface area contributed by atoms with Crippen molar-refractivity contribution in [3.8, 4) is 0 Å². The molecule has 3 aliphatic rings. The van der Waals surface area contributed by atoms with Gasteiger partial charge in [0.2, 0.25) is 5.91 Å². The van der Waals surface area contributed by atoms with E-state index >= 15 is 0 Å². The summed E-state index contributed by atoms with van der Waals surface area (Å²) in [5.74, 6) is -2.02. The van der Waals surface area contributed by atoms with Crippen LogP contribution in [-0.4, -0.2) is 64.8 Å². The van der Waals surface area contributed by atoms with Crippen LogP contribution < -0.4 is 5.73 Å². The van der Waals surface area contributed by atoms with Crippen LogP contribution in [0.4, 0.5) is 13.2 Å². The molecular weight excluding hydrogens is 495 g/mol. The van der Waals surface area contributed by atoms with Crippen LogP contribution in [0.2, 0.25) is 0 Å².